The smallest absolute Gasteiger partial charge is 0.138 e. The molecule has 0 aliphatic heterocycles. The summed E-state index contributed by atoms with van der Waals surface area (Å²) in [7, 11) is 0. The molecule has 0 saturated heterocycles. The molecule has 3 N–H and O–H groups in total. The molecule has 0 aliphatic rings. The van der Waals surface area contributed by atoms with Crippen LogP contribution in [0, 0.1) is 0 Å². The van der Waals surface area contributed by atoms with Crippen LogP contribution in [0.15, 0.2) is 48.5 Å². The molecule has 0 fully saturated rings. The van der Waals surface area contributed by atoms with E-state index in [1.54, 1.807) is 0 Å². The maximum atomic E-state index is 5.54. The highest BCUT2D eigenvalue weighted by molar-refractivity contribution is 5.79. The normalized spacial score (nSPS) is 10.9. The minimum absolute atomic E-state index is 0.685. The van der Waals surface area contributed by atoms with Crippen LogP contribution in [0.1, 0.15) is 5.56 Å². The first-order valence-corrected chi connectivity index (χ1v) is 6.11. The van der Waals surface area contributed by atoms with E-state index >= 15 is 0 Å². The molecule has 0 amide bonds. The van der Waals surface area contributed by atoms with Gasteiger partial charge in [-0.05, 0) is 30.7 Å². The Morgan fingerprint density at radius 3 is 2.50 bits per heavy atom. The molecular weight excluding hydrogens is 222 g/mol. The molecule has 2 aromatic carbocycles. The van der Waals surface area contributed by atoms with Gasteiger partial charge in [-0.3, -0.25) is 0 Å². The van der Waals surface area contributed by atoms with Crippen LogP contribution < -0.4 is 5.73 Å². The number of benzene rings is 2. The van der Waals surface area contributed by atoms with Crippen LogP contribution in [0.2, 0.25) is 0 Å². The first kappa shape index (κ1) is 11.0. The van der Waals surface area contributed by atoms with Gasteiger partial charge in [0.1, 0.15) is 5.82 Å². The Morgan fingerprint density at radius 2 is 1.78 bits per heavy atom. The molecule has 0 saturated carbocycles. The average Bonchev–Trinajstić information content (AvgIpc) is 2.84. The van der Waals surface area contributed by atoms with E-state index in [4.69, 9.17) is 5.73 Å². The molecule has 0 aliphatic carbocycles. The van der Waals surface area contributed by atoms with Gasteiger partial charge >= 0.3 is 0 Å². The van der Waals surface area contributed by atoms with E-state index in [-0.39, 0.29) is 0 Å². The van der Waals surface area contributed by atoms with Crippen LogP contribution in [0.25, 0.3) is 22.4 Å². The van der Waals surface area contributed by atoms with E-state index in [9.17, 15) is 0 Å². The summed E-state index contributed by atoms with van der Waals surface area (Å²) in [5.41, 5.74) is 9.97. The largest absolute Gasteiger partial charge is 0.338 e. The number of aromatic amines is 1. The summed E-state index contributed by atoms with van der Waals surface area (Å²) in [4.78, 5) is 7.91. The van der Waals surface area contributed by atoms with Gasteiger partial charge in [-0.15, -0.1) is 0 Å². The highest BCUT2D eigenvalue weighted by Gasteiger charge is 2.04. The third-order valence-electron chi connectivity index (χ3n) is 3.05. The lowest BCUT2D eigenvalue weighted by Crippen LogP contribution is -2.02. The number of H-pyrrole nitrogens is 1. The molecule has 0 radical (unpaired) electrons. The number of nitrogens with zero attached hydrogens (tertiary/aromatic N) is 1. The van der Waals surface area contributed by atoms with Gasteiger partial charge in [-0.25, -0.2) is 4.98 Å². The molecule has 0 unspecified atom stereocenters. The highest BCUT2D eigenvalue weighted by atomic mass is 14.9. The molecule has 90 valence electrons. The number of para-hydroxylation sites is 2. The minimum atomic E-state index is 0.685. The molecule has 3 rings (SSSR count). The Balaban J connectivity index is 1.98. The molecule has 0 atom stereocenters. The van der Waals surface area contributed by atoms with E-state index in [1.807, 2.05) is 24.3 Å². The Labute approximate surface area is 106 Å². The Kier molecular flexibility index (Phi) is 2.82. The quantitative estimate of drug-likeness (QED) is 0.736. The van der Waals surface area contributed by atoms with Crippen LogP contribution in [-0.2, 0) is 6.42 Å². The standard InChI is InChI=1S/C15H15N3/c16-10-9-11-5-7-12(8-6-11)15-17-13-3-1-2-4-14(13)18-15/h1-8H,9-10,16H2,(H,17,18). The number of hydrogen-bond donors (Lipinski definition) is 2. The number of rotatable bonds is 3. The lowest BCUT2D eigenvalue weighted by atomic mass is 10.1. The summed E-state index contributed by atoms with van der Waals surface area (Å²) < 4.78 is 0. The third kappa shape index (κ3) is 2.00. The summed E-state index contributed by atoms with van der Waals surface area (Å²) in [6, 6.07) is 16.4. The molecular formula is C15H15N3. The lowest BCUT2D eigenvalue weighted by Gasteiger charge is -2.00. The van der Waals surface area contributed by atoms with Gasteiger partial charge in [0.15, 0.2) is 0 Å². The van der Waals surface area contributed by atoms with Gasteiger partial charge in [-0.1, -0.05) is 36.4 Å². The Bertz CT molecular complexity index is 620. The first-order chi connectivity index (χ1) is 8.86. The second-order valence-electron chi connectivity index (χ2n) is 4.34. The average molecular weight is 237 g/mol. The second-order valence-corrected chi connectivity index (χ2v) is 4.34. The van der Waals surface area contributed by atoms with Crippen LogP contribution in [0.4, 0.5) is 0 Å². The van der Waals surface area contributed by atoms with Crippen molar-refractivity contribution >= 4 is 11.0 Å². The van der Waals surface area contributed by atoms with Crippen LogP contribution >= 0.6 is 0 Å². The summed E-state index contributed by atoms with van der Waals surface area (Å²) in [5.74, 6) is 0.912. The van der Waals surface area contributed by atoms with Gasteiger partial charge < -0.3 is 10.7 Å². The van der Waals surface area contributed by atoms with E-state index in [0.29, 0.717) is 6.54 Å². The number of aromatic nitrogens is 2. The van der Waals surface area contributed by atoms with Crippen LogP contribution in [0.5, 0.6) is 0 Å². The zero-order valence-electron chi connectivity index (χ0n) is 10.1. The van der Waals surface area contributed by atoms with Crippen molar-refractivity contribution in [2.24, 2.45) is 5.73 Å². The van der Waals surface area contributed by atoms with Crippen molar-refractivity contribution in [3.63, 3.8) is 0 Å². The van der Waals surface area contributed by atoms with Crippen molar-refractivity contribution in [1.29, 1.82) is 0 Å². The number of nitrogens with two attached hydrogens (primary N) is 1. The van der Waals surface area contributed by atoms with Gasteiger partial charge in [0.2, 0.25) is 0 Å². The monoisotopic (exact) mass is 237 g/mol. The Morgan fingerprint density at radius 1 is 1.00 bits per heavy atom. The zero-order chi connectivity index (χ0) is 12.4. The van der Waals surface area contributed by atoms with E-state index < -0.39 is 0 Å². The second kappa shape index (κ2) is 4.63. The number of fused-ring (bicyclic) bond motifs is 1. The van der Waals surface area contributed by atoms with Crippen LogP contribution in [-0.4, -0.2) is 16.5 Å². The minimum Gasteiger partial charge on any atom is -0.338 e. The van der Waals surface area contributed by atoms with E-state index in [2.05, 4.69) is 34.2 Å². The van der Waals surface area contributed by atoms with Gasteiger partial charge in [0, 0.05) is 5.56 Å². The summed E-state index contributed by atoms with van der Waals surface area (Å²) >= 11 is 0. The predicted octanol–water partition coefficient (Wildman–Crippen LogP) is 2.73. The van der Waals surface area contributed by atoms with Crippen molar-refractivity contribution in [1.82, 2.24) is 9.97 Å². The maximum absolute atomic E-state index is 5.54. The molecule has 3 heteroatoms. The molecule has 18 heavy (non-hydrogen) atoms. The van der Waals surface area contributed by atoms with Crippen LogP contribution in [0.3, 0.4) is 0 Å². The molecule has 1 aromatic heterocycles. The number of hydrogen-bond acceptors (Lipinski definition) is 2. The number of imidazole rings is 1. The zero-order valence-corrected chi connectivity index (χ0v) is 10.1. The molecule has 1 heterocycles. The summed E-state index contributed by atoms with van der Waals surface area (Å²) in [6.07, 6.45) is 0.917. The molecule has 0 bridgehead atoms. The van der Waals surface area contributed by atoms with Crippen molar-refractivity contribution < 1.29 is 0 Å². The SMILES string of the molecule is NCCc1ccc(-c2nc3ccccc3[nH]2)cc1. The van der Waals surface area contributed by atoms with Crippen molar-refractivity contribution in [2.45, 2.75) is 6.42 Å². The fraction of sp³-hybridized carbons (Fsp3) is 0.133. The van der Waals surface area contributed by atoms with Gasteiger partial charge in [0.05, 0.1) is 11.0 Å². The number of nitrogens with one attached hydrogen (secondary N) is 1. The van der Waals surface area contributed by atoms with Crippen molar-refractivity contribution in [3.05, 3.63) is 54.1 Å². The molecule has 0 spiro atoms. The van der Waals surface area contributed by atoms with Gasteiger partial charge in [-0.2, -0.15) is 0 Å². The Hall–Kier alpha value is -2.13. The highest BCUT2D eigenvalue weighted by Crippen LogP contribution is 2.20. The fourth-order valence-corrected chi connectivity index (χ4v) is 2.09. The predicted molar refractivity (Wildman–Crippen MR) is 74.3 cm³/mol. The third-order valence-corrected chi connectivity index (χ3v) is 3.05. The van der Waals surface area contributed by atoms with Crippen molar-refractivity contribution in [3.8, 4) is 11.4 Å². The lowest BCUT2D eigenvalue weighted by molar-refractivity contribution is 0.969. The molecule has 3 aromatic rings. The van der Waals surface area contributed by atoms with E-state index in [0.717, 1.165) is 28.8 Å². The first-order valence-electron chi connectivity index (χ1n) is 6.11. The van der Waals surface area contributed by atoms with Crippen molar-refractivity contribution in [2.75, 3.05) is 6.54 Å². The molecule has 3 nitrogen and oxygen atoms in total. The topological polar surface area (TPSA) is 54.7 Å². The van der Waals surface area contributed by atoms with E-state index in [1.165, 1.54) is 5.56 Å². The summed E-state index contributed by atoms with van der Waals surface area (Å²) in [6.45, 7) is 0.685. The summed E-state index contributed by atoms with van der Waals surface area (Å²) in [5, 5.41) is 0. The fourth-order valence-electron chi connectivity index (χ4n) is 2.09. The maximum Gasteiger partial charge on any atom is 0.138 e. The van der Waals surface area contributed by atoms with Gasteiger partial charge in [0.25, 0.3) is 0 Å².